The van der Waals surface area contributed by atoms with Gasteiger partial charge in [0.25, 0.3) is 0 Å². The number of nitrogens with one attached hydrogen (secondary N) is 1. The van der Waals surface area contributed by atoms with E-state index in [-0.39, 0.29) is 11.8 Å². The Balaban J connectivity index is 1.63. The normalized spacial score (nSPS) is 23.9. The Morgan fingerprint density at radius 2 is 1.91 bits per heavy atom. The summed E-state index contributed by atoms with van der Waals surface area (Å²) in [4.78, 5) is 11.7. The molecule has 33 heavy (non-hydrogen) atoms. The van der Waals surface area contributed by atoms with Crippen LogP contribution in [0.3, 0.4) is 0 Å². The van der Waals surface area contributed by atoms with E-state index in [9.17, 15) is 20.1 Å². The molecule has 6 heteroatoms. The van der Waals surface area contributed by atoms with Gasteiger partial charge < -0.3 is 20.1 Å². The van der Waals surface area contributed by atoms with Crippen molar-refractivity contribution < 1.29 is 24.9 Å². The summed E-state index contributed by atoms with van der Waals surface area (Å²) in [5.74, 6) is -0.178. The first-order valence-electron chi connectivity index (χ1n) is 12.4. The lowest BCUT2D eigenvalue weighted by molar-refractivity contribution is 0.120. The molecule has 184 valence electrons. The summed E-state index contributed by atoms with van der Waals surface area (Å²) in [6.07, 6.45) is 13.4. The molecule has 0 saturated heterocycles. The highest BCUT2D eigenvalue weighted by Crippen LogP contribution is 2.36. The van der Waals surface area contributed by atoms with E-state index in [0.29, 0.717) is 25.1 Å². The molecule has 0 bridgehead atoms. The van der Waals surface area contributed by atoms with Gasteiger partial charge in [-0.25, -0.2) is 4.79 Å². The Bertz CT molecular complexity index is 720. The second kappa shape index (κ2) is 15.6. The molecule has 0 heterocycles. The molecule has 0 aliphatic heterocycles. The average molecular weight is 460 g/mol. The Labute approximate surface area is 198 Å². The standard InChI is InChI=1S/C27H41NO5/c1-2-3-8-15-22(29)17-18-24-23(25(30)20-26(24)31)16-11-5-4-6-12-19-33-27(32)28-21-13-9-7-10-14-21/h5,7,9-11,13-14,17-18,22-26,29-31H,2-4,6,8,12,15-16,19-20H2,1H3,(H,28,32)/t22-,23+,24+,25-,26+/m0/s1. The van der Waals surface area contributed by atoms with Crippen molar-refractivity contribution in [1.82, 2.24) is 0 Å². The number of carbonyl (C=O) groups excluding carboxylic acids is 1. The van der Waals surface area contributed by atoms with Crippen LogP contribution in [0.1, 0.15) is 64.7 Å². The number of anilines is 1. The number of benzene rings is 1. The van der Waals surface area contributed by atoms with Crippen LogP contribution in [0.15, 0.2) is 54.6 Å². The molecule has 2 rings (SSSR count). The summed E-state index contributed by atoms with van der Waals surface area (Å²) in [7, 11) is 0. The first-order chi connectivity index (χ1) is 16.0. The van der Waals surface area contributed by atoms with Crippen molar-refractivity contribution >= 4 is 11.8 Å². The number of carbonyl (C=O) groups is 1. The van der Waals surface area contributed by atoms with Gasteiger partial charge in [0.2, 0.25) is 0 Å². The Hall–Kier alpha value is -2.15. The van der Waals surface area contributed by atoms with Crippen LogP contribution in [0.25, 0.3) is 0 Å². The van der Waals surface area contributed by atoms with Gasteiger partial charge in [-0.2, -0.15) is 0 Å². The predicted octanol–water partition coefficient (Wildman–Crippen LogP) is 5.21. The first kappa shape index (κ1) is 27.1. The minimum atomic E-state index is -0.573. The molecule has 4 N–H and O–H groups in total. The summed E-state index contributed by atoms with van der Waals surface area (Å²) >= 11 is 0. The number of rotatable bonds is 14. The molecular weight excluding hydrogens is 418 g/mol. The number of para-hydroxylation sites is 1. The van der Waals surface area contributed by atoms with Gasteiger partial charge in [0, 0.05) is 18.0 Å². The van der Waals surface area contributed by atoms with Crippen LogP contribution in [0, 0.1) is 11.8 Å². The molecule has 1 aromatic carbocycles. The van der Waals surface area contributed by atoms with Crippen molar-refractivity contribution in [3.63, 3.8) is 0 Å². The minimum absolute atomic E-state index is 0.0413. The number of allylic oxidation sites excluding steroid dienone is 2. The molecule has 0 unspecified atom stereocenters. The van der Waals surface area contributed by atoms with Crippen molar-refractivity contribution in [3.05, 3.63) is 54.6 Å². The van der Waals surface area contributed by atoms with E-state index in [4.69, 9.17) is 4.74 Å². The molecule has 0 spiro atoms. The summed E-state index contributed by atoms with van der Waals surface area (Å²) in [6, 6.07) is 9.20. The average Bonchev–Trinajstić information content (AvgIpc) is 3.07. The van der Waals surface area contributed by atoms with Crippen LogP contribution in [-0.4, -0.2) is 46.3 Å². The van der Waals surface area contributed by atoms with E-state index in [1.807, 2.05) is 36.4 Å². The molecule has 1 saturated carbocycles. The van der Waals surface area contributed by atoms with E-state index in [1.165, 1.54) is 0 Å². The zero-order valence-electron chi connectivity index (χ0n) is 19.8. The Morgan fingerprint density at radius 3 is 2.67 bits per heavy atom. The van der Waals surface area contributed by atoms with Crippen LogP contribution < -0.4 is 5.32 Å². The molecule has 1 aliphatic rings. The van der Waals surface area contributed by atoms with Crippen molar-refractivity contribution in [1.29, 1.82) is 0 Å². The third-order valence-corrected chi connectivity index (χ3v) is 6.17. The van der Waals surface area contributed by atoms with E-state index in [1.54, 1.807) is 6.08 Å². The lowest BCUT2D eigenvalue weighted by Gasteiger charge is -2.19. The van der Waals surface area contributed by atoms with Crippen LogP contribution >= 0.6 is 0 Å². The molecule has 1 aromatic rings. The third-order valence-electron chi connectivity index (χ3n) is 6.17. The minimum Gasteiger partial charge on any atom is -0.449 e. The van der Waals surface area contributed by atoms with E-state index < -0.39 is 24.4 Å². The highest BCUT2D eigenvalue weighted by molar-refractivity contribution is 5.84. The van der Waals surface area contributed by atoms with Gasteiger partial charge in [-0.15, -0.1) is 0 Å². The fourth-order valence-corrected chi connectivity index (χ4v) is 4.24. The Morgan fingerprint density at radius 1 is 1.12 bits per heavy atom. The fraction of sp³-hybridized carbons (Fsp3) is 0.593. The number of unbranched alkanes of at least 4 members (excludes halogenated alkanes) is 4. The highest BCUT2D eigenvalue weighted by Gasteiger charge is 2.39. The van der Waals surface area contributed by atoms with Crippen molar-refractivity contribution in [2.45, 2.75) is 83.0 Å². The van der Waals surface area contributed by atoms with Gasteiger partial charge in [0.1, 0.15) is 0 Å². The first-order valence-corrected chi connectivity index (χ1v) is 12.4. The van der Waals surface area contributed by atoms with Crippen LogP contribution in [0.2, 0.25) is 0 Å². The van der Waals surface area contributed by atoms with E-state index in [2.05, 4.69) is 24.4 Å². The second-order valence-corrected chi connectivity index (χ2v) is 8.89. The second-order valence-electron chi connectivity index (χ2n) is 8.89. The molecule has 0 radical (unpaired) electrons. The largest absolute Gasteiger partial charge is 0.449 e. The van der Waals surface area contributed by atoms with Gasteiger partial charge in [-0.05, 0) is 50.2 Å². The topological polar surface area (TPSA) is 99.0 Å². The zero-order valence-corrected chi connectivity index (χ0v) is 19.8. The summed E-state index contributed by atoms with van der Waals surface area (Å²) in [5, 5.41) is 33.5. The summed E-state index contributed by atoms with van der Waals surface area (Å²) in [5.41, 5.74) is 0.712. The van der Waals surface area contributed by atoms with Gasteiger partial charge in [-0.1, -0.05) is 68.7 Å². The number of aliphatic hydroxyl groups excluding tert-OH is 3. The zero-order chi connectivity index (χ0) is 23.9. The lowest BCUT2D eigenvalue weighted by Crippen LogP contribution is -2.20. The fourth-order valence-electron chi connectivity index (χ4n) is 4.24. The van der Waals surface area contributed by atoms with Crippen molar-refractivity contribution in [3.8, 4) is 0 Å². The molecular formula is C27H41NO5. The molecule has 6 nitrogen and oxygen atoms in total. The van der Waals surface area contributed by atoms with Gasteiger partial charge in [0.05, 0.1) is 24.9 Å². The molecule has 1 aliphatic carbocycles. The quantitative estimate of drug-likeness (QED) is 0.226. The van der Waals surface area contributed by atoms with Crippen molar-refractivity contribution in [2.75, 3.05) is 11.9 Å². The number of ether oxygens (including phenoxy) is 1. The highest BCUT2D eigenvalue weighted by atomic mass is 16.5. The number of amides is 1. The number of hydrogen-bond acceptors (Lipinski definition) is 5. The maximum absolute atomic E-state index is 11.7. The monoisotopic (exact) mass is 459 g/mol. The molecule has 1 fully saturated rings. The molecule has 5 atom stereocenters. The SMILES string of the molecule is CCCCC[C@H](O)C=C[C@@H]1[C@@H](CC=CCCCCOC(=O)Nc2ccccc2)[C@@H](O)C[C@H]1O. The molecule has 0 aromatic heterocycles. The van der Waals surface area contributed by atoms with E-state index >= 15 is 0 Å². The van der Waals surface area contributed by atoms with Crippen molar-refractivity contribution in [2.24, 2.45) is 11.8 Å². The van der Waals surface area contributed by atoms with Gasteiger partial charge in [-0.3, -0.25) is 5.32 Å². The summed E-state index contributed by atoms with van der Waals surface area (Å²) in [6.45, 7) is 2.50. The van der Waals surface area contributed by atoms with E-state index in [0.717, 1.165) is 44.9 Å². The van der Waals surface area contributed by atoms with Gasteiger partial charge in [0.15, 0.2) is 0 Å². The number of hydrogen-bond donors (Lipinski definition) is 4. The van der Waals surface area contributed by atoms with Gasteiger partial charge >= 0.3 is 6.09 Å². The molecule has 1 amide bonds. The summed E-state index contributed by atoms with van der Waals surface area (Å²) < 4.78 is 5.19. The van der Waals surface area contributed by atoms with Crippen LogP contribution in [0.5, 0.6) is 0 Å². The third kappa shape index (κ3) is 10.5. The Kier molecular flexibility index (Phi) is 12.8. The number of aliphatic hydroxyl groups is 3. The van der Waals surface area contributed by atoms with Crippen LogP contribution in [-0.2, 0) is 4.74 Å². The maximum Gasteiger partial charge on any atom is 0.411 e. The van der Waals surface area contributed by atoms with Crippen LogP contribution in [0.4, 0.5) is 10.5 Å². The smallest absolute Gasteiger partial charge is 0.411 e. The predicted molar refractivity (Wildman–Crippen MR) is 132 cm³/mol. The lowest BCUT2D eigenvalue weighted by atomic mass is 9.89. The maximum atomic E-state index is 11.7.